The molecule has 0 radical (unpaired) electrons. The summed E-state index contributed by atoms with van der Waals surface area (Å²) in [5, 5.41) is 2.90. The Labute approximate surface area is 179 Å². The number of rotatable bonds is 4. The van der Waals surface area contributed by atoms with E-state index in [0.29, 0.717) is 16.7 Å². The van der Waals surface area contributed by atoms with Crippen molar-refractivity contribution in [3.63, 3.8) is 0 Å². The predicted octanol–water partition coefficient (Wildman–Crippen LogP) is 2.96. The molecule has 4 aromatic rings. The highest BCUT2D eigenvalue weighted by atomic mass is 16.2. The Morgan fingerprint density at radius 1 is 0.968 bits per heavy atom. The number of hydrogen-bond acceptors (Lipinski definition) is 3. The highest BCUT2D eigenvalue weighted by Crippen LogP contribution is 2.28. The van der Waals surface area contributed by atoms with E-state index < -0.39 is 11.2 Å². The molecule has 0 fully saturated rings. The number of anilines is 1. The van der Waals surface area contributed by atoms with Crippen LogP contribution in [0.5, 0.6) is 0 Å². The third-order valence-corrected chi connectivity index (χ3v) is 5.50. The maximum atomic E-state index is 13.0. The van der Waals surface area contributed by atoms with E-state index in [1.54, 1.807) is 11.6 Å². The van der Waals surface area contributed by atoms with Crippen LogP contribution in [0.3, 0.4) is 0 Å². The summed E-state index contributed by atoms with van der Waals surface area (Å²) in [5.41, 5.74) is 4.16. The minimum Gasteiger partial charge on any atom is -0.344 e. The van der Waals surface area contributed by atoms with Crippen molar-refractivity contribution in [2.75, 3.05) is 5.32 Å². The first-order valence-corrected chi connectivity index (χ1v) is 9.99. The summed E-state index contributed by atoms with van der Waals surface area (Å²) in [6.45, 7) is 3.66. The molecule has 1 amide bonds. The van der Waals surface area contributed by atoms with Gasteiger partial charge in [0.25, 0.3) is 5.56 Å². The van der Waals surface area contributed by atoms with Crippen LogP contribution in [0, 0.1) is 13.8 Å². The van der Waals surface area contributed by atoms with Gasteiger partial charge in [0.05, 0.1) is 5.52 Å². The summed E-state index contributed by atoms with van der Waals surface area (Å²) in [5.74, 6) is -0.335. The summed E-state index contributed by atoms with van der Waals surface area (Å²) < 4.78 is 4.13. The molecule has 0 saturated heterocycles. The van der Waals surface area contributed by atoms with Gasteiger partial charge in [0, 0.05) is 31.5 Å². The van der Waals surface area contributed by atoms with Crippen molar-refractivity contribution in [2.24, 2.45) is 14.1 Å². The summed E-state index contributed by atoms with van der Waals surface area (Å²) in [6.07, 6.45) is 1.82. The number of fused-ring (bicyclic) bond motifs is 1. The first kappa shape index (κ1) is 20.4. The number of carbonyl (C=O) groups excluding carboxylic acids is 1. The molecule has 2 aromatic heterocycles. The van der Waals surface area contributed by atoms with Gasteiger partial charge in [-0.15, -0.1) is 0 Å². The van der Waals surface area contributed by atoms with E-state index in [4.69, 9.17) is 0 Å². The predicted molar refractivity (Wildman–Crippen MR) is 122 cm³/mol. The van der Waals surface area contributed by atoms with Crippen LogP contribution in [0.15, 0.2) is 64.3 Å². The van der Waals surface area contributed by atoms with E-state index in [9.17, 15) is 14.4 Å². The van der Waals surface area contributed by atoms with Crippen molar-refractivity contribution in [3.05, 3.63) is 86.7 Å². The molecule has 7 nitrogen and oxygen atoms in total. The summed E-state index contributed by atoms with van der Waals surface area (Å²) >= 11 is 0. The lowest BCUT2D eigenvalue weighted by molar-refractivity contribution is -0.116. The molecule has 0 aliphatic carbocycles. The quantitative estimate of drug-likeness (QED) is 0.556. The molecule has 0 unspecified atom stereocenters. The summed E-state index contributed by atoms with van der Waals surface area (Å²) in [4.78, 5) is 38.8. The molecular weight excluding hydrogens is 392 g/mol. The zero-order chi connectivity index (χ0) is 22.3. The van der Waals surface area contributed by atoms with Gasteiger partial charge in [-0.25, -0.2) is 4.79 Å². The van der Waals surface area contributed by atoms with Crippen LogP contribution in [0.1, 0.15) is 11.1 Å². The number of hydrogen-bond donors (Lipinski definition) is 1. The first-order chi connectivity index (χ1) is 14.8. The topological polar surface area (TPSA) is 78.0 Å². The third-order valence-electron chi connectivity index (χ3n) is 5.50. The molecule has 1 N–H and O–H groups in total. The molecule has 2 heterocycles. The van der Waals surface area contributed by atoms with Crippen LogP contribution in [-0.2, 0) is 25.4 Å². The molecule has 0 aliphatic rings. The Bertz CT molecular complexity index is 1430. The molecule has 2 aromatic carbocycles. The zero-order valence-corrected chi connectivity index (χ0v) is 18.0. The van der Waals surface area contributed by atoms with E-state index in [1.807, 2.05) is 68.6 Å². The van der Waals surface area contributed by atoms with E-state index in [-0.39, 0.29) is 12.5 Å². The van der Waals surface area contributed by atoms with Gasteiger partial charge in [-0.05, 0) is 36.6 Å². The number of carbonyl (C=O) groups is 1. The molecule has 0 aliphatic heterocycles. The number of aromatic nitrogens is 3. The van der Waals surface area contributed by atoms with E-state index >= 15 is 0 Å². The number of benzene rings is 2. The maximum absolute atomic E-state index is 13.0. The Hall–Kier alpha value is -3.87. The highest BCUT2D eigenvalue weighted by molar-refractivity contribution is 5.96. The molecule has 0 spiro atoms. The monoisotopic (exact) mass is 416 g/mol. The first-order valence-electron chi connectivity index (χ1n) is 9.99. The van der Waals surface area contributed by atoms with Crippen molar-refractivity contribution in [1.82, 2.24) is 13.7 Å². The fourth-order valence-electron chi connectivity index (χ4n) is 3.84. The third kappa shape index (κ3) is 3.59. The second kappa shape index (κ2) is 7.75. The van der Waals surface area contributed by atoms with Crippen molar-refractivity contribution in [2.45, 2.75) is 20.4 Å². The number of nitrogens with one attached hydrogen (secondary N) is 1. The van der Waals surface area contributed by atoms with Crippen LogP contribution >= 0.6 is 0 Å². The number of amides is 1. The lowest BCUT2D eigenvalue weighted by Crippen LogP contribution is -2.40. The second-order valence-corrected chi connectivity index (χ2v) is 7.82. The van der Waals surface area contributed by atoms with Gasteiger partial charge < -0.3 is 9.88 Å². The van der Waals surface area contributed by atoms with Crippen LogP contribution in [0.2, 0.25) is 0 Å². The molecule has 158 valence electrons. The fourth-order valence-corrected chi connectivity index (χ4v) is 3.84. The molecule has 4 rings (SSSR count). The smallest absolute Gasteiger partial charge is 0.331 e. The fraction of sp³-hybridized carbons (Fsp3) is 0.208. The lowest BCUT2D eigenvalue weighted by Gasteiger charge is -2.13. The van der Waals surface area contributed by atoms with E-state index in [1.165, 1.54) is 11.6 Å². The van der Waals surface area contributed by atoms with Crippen molar-refractivity contribution < 1.29 is 4.79 Å². The van der Waals surface area contributed by atoms with Gasteiger partial charge in [0.2, 0.25) is 5.91 Å². The van der Waals surface area contributed by atoms with Gasteiger partial charge >= 0.3 is 5.69 Å². The van der Waals surface area contributed by atoms with Crippen LogP contribution in [-0.4, -0.2) is 19.6 Å². The lowest BCUT2D eigenvalue weighted by atomic mass is 10.1. The average Bonchev–Trinajstić information content (AvgIpc) is 3.10. The number of aryl methyl sites for hydroxylation is 3. The minimum absolute atomic E-state index is 0.208. The standard InChI is InChI=1S/C24H24N4O3/c1-15-10-11-16(2)19(12-15)25-20(29)14-28-21-18(17-8-6-5-7-9-17)13-26(3)22(21)23(30)27(4)24(28)31/h5-13H,14H2,1-4H3,(H,25,29). The second-order valence-electron chi connectivity index (χ2n) is 7.82. The SMILES string of the molecule is Cc1ccc(C)c(NC(=O)Cn2c(=O)n(C)c(=O)c3c2c(-c2ccccc2)cn3C)c1. The molecule has 31 heavy (non-hydrogen) atoms. The normalized spacial score (nSPS) is 11.1. The Morgan fingerprint density at radius 2 is 1.68 bits per heavy atom. The van der Waals surface area contributed by atoms with Crippen LogP contribution in [0.25, 0.3) is 22.2 Å². The van der Waals surface area contributed by atoms with Crippen molar-refractivity contribution in [1.29, 1.82) is 0 Å². The van der Waals surface area contributed by atoms with Crippen molar-refractivity contribution >= 4 is 22.6 Å². The van der Waals surface area contributed by atoms with Gasteiger partial charge in [0.1, 0.15) is 12.1 Å². The molecular formula is C24H24N4O3. The van der Waals surface area contributed by atoms with Crippen LogP contribution < -0.4 is 16.6 Å². The molecule has 0 atom stereocenters. The van der Waals surface area contributed by atoms with Crippen LogP contribution in [0.4, 0.5) is 5.69 Å². The largest absolute Gasteiger partial charge is 0.344 e. The zero-order valence-electron chi connectivity index (χ0n) is 18.0. The summed E-state index contributed by atoms with van der Waals surface area (Å²) in [7, 11) is 3.19. The maximum Gasteiger partial charge on any atom is 0.331 e. The summed E-state index contributed by atoms with van der Waals surface area (Å²) in [6, 6.07) is 15.3. The Balaban J connectivity index is 1.87. The number of nitrogens with zero attached hydrogens (tertiary/aromatic N) is 3. The average molecular weight is 416 g/mol. The molecule has 7 heteroatoms. The molecule has 0 saturated carbocycles. The Morgan fingerprint density at radius 3 is 2.39 bits per heavy atom. The van der Waals surface area contributed by atoms with Gasteiger partial charge in [-0.2, -0.15) is 0 Å². The van der Waals surface area contributed by atoms with Gasteiger partial charge in [-0.3, -0.25) is 18.7 Å². The highest BCUT2D eigenvalue weighted by Gasteiger charge is 2.21. The Kier molecular flexibility index (Phi) is 5.10. The molecule has 0 bridgehead atoms. The minimum atomic E-state index is -0.531. The van der Waals surface area contributed by atoms with E-state index in [2.05, 4.69) is 5.32 Å². The van der Waals surface area contributed by atoms with Gasteiger partial charge in [-0.1, -0.05) is 42.5 Å². The van der Waals surface area contributed by atoms with E-state index in [0.717, 1.165) is 26.8 Å². The van der Waals surface area contributed by atoms with Crippen molar-refractivity contribution in [3.8, 4) is 11.1 Å². The van der Waals surface area contributed by atoms with Gasteiger partial charge in [0.15, 0.2) is 0 Å².